The molecule has 34 heavy (non-hydrogen) atoms. The van der Waals surface area contributed by atoms with Crippen molar-refractivity contribution in [2.24, 2.45) is 0 Å². The summed E-state index contributed by atoms with van der Waals surface area (Å²) >= 11 is 0. The number of para-hydroxylation sites is 1. The second kappa shape index (κ2) is 10.1. The zero-order valence-electron chi connectivity index (χ0n) is 20.0. The average molecular weight is 449 g/mol. The van der Waals surface area contributed by atoms with E-state index in [1.807, 2.05) is 0 Å². The summed E-state index contributed by atoms with van der Waals surface area (Å²) in [5.41, 5.74) is 9.01. The number of nitrogens with zero attached hydrogens (tertiary/aromatic N) is 1. The molecule has 0 radical (unpaired) electrons. The van der Waals surface area contributed by atoms with Crippen LogP contribution < -0.4 is 10.1 Å². The van der Waals surface area contributed by atoms with Gasteiger partial charge in [0.05, 0.1) is 13.2 Å². The molecule has 0 aromatic heterocycles. The second-order valence-electron chi connectivity index (χ2n) is 9.14. The number of anilines is 1. The van der Waals surface area contributed by atoms with Gasteiger partial charge in [-0.15, -0.1) is 0 Å². The Bertz CT molecular complexity index is 1240. The van der Waals surface area contributed by atoms with E-state index in [9.17, 15) is 0 Å². The van der Waals surface area contributed by atoms with Gasteiger partial charge in [-0.25, -0.2) is 0 Å². The lowest BCUT2D eigenvalue weighted by molar-refractivity contribution is 0.329. The van der Waals surface area contributed by atoms with Crippen molar-refractivity contribution >= 4 is 5.69 Å². The molecule has 0 spiro atoms. The quantitative estimate of drug-likeness (QED) is 0.353. The molecule has 172 valence electrons. The van der Waals surface area contributed by atoms with Gasteiger partial charge < -0.3 is 15.0 Å². The Morgan fingerprint density at radius 3 is 2.29 bits per heavy atom. The molecular formula is C31H32N2O. The first kappa shape index (κ1) is 22.2. The molecule has 1 aliphatic heterocycles. The molecule has 0 amide bonds. The van der Waals surface area contributed by atoms with E-state index in [0.717, 1.165) is 37.4 Å². The topological polar surface area (TPSA) is 24.5 Å². The number of ether oxygens (including phenoxy) is 1. The SMILES string of the molecule is COc1cc2c(cc1CC(Nc1ccccc1)c1ccccc1)-c1ccccc1CCN(C)C2. The van der Waals surface area contributed by atoms with E-state index >= 15 is 0 Å². The fourth-order valence-electron chi connectivity index (χ4n) is 4.97. The lowest BCUT2D eigenvalue weighted by atomic mass is 9.88. The maximum atomic E-state index is 5.95. The van der Waals surface area contributed by atoms with E-state index in [-0.39, 0.29) is 6.04 Å². The van der Waals surface area contributed by atoms with Gasteiger partial charge in [0, 0.05) is 25.2 Å². The molecule has 4 aromatic rings. The number of hydrogen-bond donors (Lipinski definition) is 1. The Morgan fingerprint density at radius 1 is 0.824 bits per heavy atom. The molecule has 0 saturated heterocycles. The number of methoxy groups -OCH3 is 1. The molecule has 1 N–H and O–H groups in total. The third kappa shape index (κ3) is 4.85. The summed E-state index contributed by atoms with van der Waals surface area (Å²) in [6.45, 7) is 1.97. The molecule has 0 saturated carbocycles. The number of hydrogen-bond acceptors (Lipinski definition) is 3. The van der Waals surface area contributed by atoms with Crippen LogP contribution in [0.2, 0.25) is 0 Å². The predicted molar refractivity (Wildman–Crippen MR) is 141 cm³/mol. The van der Waals surface area contributed by atoms with Crippen LogP contribution in [0.1, 0.15) is 28.3 Å². The Labute approximate surface area is 203 Å². The molecule has 3 heteroatoms. The molecule has 0 bridgehead atoms. The summed E-state index contributed by atoms with van der Waals surface area (Å²) in [4.78, 5) is 2.40. The third-order valence-corrected chi connectivity index (χ3v) is 6.76. The van der Waals surface area contributed by atoms with Crippen molar-refractivity contribution in [3.05, 3.63) is 119 Å². The van der Waals surface area contributed by atoms with Gasteiger partial charge in [-0.3, -0.25) is 0 Å². The van der Waals surface area contributed by atoms with Crippen LogP contribution in [0.3, 0.4) is 0 Å². The second-order valence-corrected chi connectivity index (χ2v) is 9.14. The van der Waals surface area contributed by atoms with Crippen LogP contribution in [0.15, 0.2) is 97.1 Å². The van der Waals surface area contributed by atoms with Gasteiger partial charge in [0.15, 0.2) is 0 Å². The minimum absolute atomic E-state index is 0.127. The summed E-state index contributed by atoms with van der Waals surface area (Å²) in [6, 6.07) is 34.7. The monoisotopic (exact) mass is 448 g/mol. The zero-order chi connectivity index (χ0) is 23.3. The molecule has 0 fully saturated rings. The van der Waals surface area contributed by atoms with E-state index in [1.165, 1.54) is 33.4 Å². The fraction of sp³-hybridized carbons (Fsp3) is 0.226. The molecule has 1 atom stereocenters. The van der Waals surface area contributed by atoms with Crippen molar-refractivity contribution in [1.82, 2.24) is 4.90 Å². The third-order valence-electron chi connectivity index (χ3n) is 6.76. The lowest BCUT2D eigenvalue weighted by Crippen LogP contribution is -2.23. The number of nitrogens with one attached hydrogen (secondary N) is 1. The number of likely N-dealkylation sites (N-methyl/N-ethyl adjacent to an activating group) is 1. The predicted octanol–water partition coefficient (Wildman–Crippen LogP) is 6.75. The van der Waals surface area contributed by atoms with E-state index < -0.39 is 0 Å². The fourth-order valence-corrected chi connectivity index (χ4v) is 4.97. The highest BCUT2D eigenvalue weighted by Crippen LogP contribution is 2.37. The van der Waals surface area contributed by atoms with Crippen LogP contribution in [0.25, 0.3) is 11.1 Å². The van der Waals surface area contributed by atoms with E-state index in [0.29, 0.717) is 0 Å². The summed E-state index contributed by atoms with van der Waals surface area (Å²) in [7, 11) is 3.99. The Balaban J connectivity index is 1.58. The minimum atomic E-state index is 0.127. The molecule has 5 rings (SSSR count). The van der Waals surface area contributed by atoms with Crippen molar-refractivity contribution in [1.29, 1.82) is 0 Å². The molecule has 4 aromatic carbocycles. The molecule has 3 nitrogen and oxygen atoms in total. The van der Waals surface area contributed by atoms with Gasteiger partial charge in [-0.1, -0.05) is 72.8 Å². The van der Waals surface area contributed by atoms with Gasteiger partial charge >= 0.3 is 0 Å². The Kier molecular flexibility index (Phi) is 6.64. The van der Waals surface area contributed by atoms with E-state index in [1.54, 1.807) is 7.11 Å². The van der Waals surface area contributed by atoms with Crippen molar-refractivity contribution in [2.75, 3.05) is 26.0 Å². The largest absolute Gasteiger partial charge is 0.496 e. The van der Waals surface area contributed by atoms with Gasteiger partial charge in [0.1, 0.15) is 5.75 Å². The van der Waals surface area contributed by atoms with Crippen LogP contribution >= 0.6 is 0 Å². The first-order valence-corrected chi connectivity index (χ1v) is 12.0. The molecular weight excluding hydrogens is 416 g/mol. The first-order valence-electron chi connectivity index (χ1n) is 12.0. The minimum Gasteiger partial charge on any atom is -0.496 e. The summed E-state index contributed by atoms with van der Waals surface area (Å²) < 4.78 is 5.95. The van der Waals surface area contributed by atoms with Crippen LogP contribution in [0.4, 0.5) is 5.69 Å². The Hall–Kier alpha value is -3.56. The highest BCUT2D eigenvalue weighted by molar-refractivity contribution is 5.73. The normalized spacial score (nSPS) is 14.3. The lowest BCUT2D eigenvalue weighted by Gasteiger charge is -2.27. The number of fused-ring (bicyclic) bond motifs is 3. The van der Waals surface area contributed by atoms with E-state index in [2.05, 4.69) is 114 Å². The molecule has 1 aliphatic rings. The highest BCUT2D eigenvalue weighted by atomic mass is 16.5. The maximum Gasteiger partial charge on any atom is 0.122 e. The highest BCUT2D eigenvalue weighted by Gasteiger charge is 2.21. The van der Waals surface area contributed by atoms with Crippen LogP contribution in [-0.4, -0.2) is 25.6 Å². The Morgan fingerprint density at radius 2 is 1.53 bits per heavy atom. The smallest absolute Gasteiger partial charge is 0.122 e. The maximum absolute atomic E-state index is 5.95. The van der Waals surface area contributed by atoms with Crippen LogP contribution in [-0.2, 0) is 19.4 Å². The van der Waals surface area contributed by atoms with Gasteiger partial charge in [-0.05, 0) is 71.1 Å². The van der Waals surface area contributed by atoms with E-state index in [4.69, 9.17) is 4.74 Å². The number of rotatable bonds is 6. The summed E-state index contributed by atoms with van der Waals surface area (Å²) in [6.07, 6.45) is 1.89. The van der Waals surface area contributed by atoms with Crippen molar-refractivity contribution in [3.8, 4) is 16.9 Å². The molecule has 1 unspecified atom stereocenters. The van der Waals surface area contributed by atoms with Gasteiger partial charge in [0.25, 0.3) is 0 Å². The van der Waals surface area contributed by atoms with Crippen LogP contribution in [0, 0.1) is 0 Å². The van der Waals surface area contributed by atoms with Gasteiger partial charge in [0.2, 0.25) is 0 Å². The summed E-state index contributed by atoms with van der Waals surface area (Å²) in [5.74, 6) is 0.959. The molecule has 0 aliphatic carbocycles. The van der Waals surface area contributed by atoms with Crippen molar-refractivity contribution < 1.29 is 4.74 Å². The molecule has 1 heterocycles. The van der Waals surface area contributed by atoms with Crippen LogP contribution in [0.5, 0.6) is 5.75 Å². The number of benzene rings is 4. The van der Waals surface area contributed by atoms with Crippen molar-refractivity contribution in [2.45, 2.75) is 25.4 Å². The van der Waals surface area contributed by atoms with Gasteiger partial charge in [-0.2, -0.15) is 0 Å². The standard InChI is InChI=1S/C31H32N2O/c1-33-18-17-23-11-9-10-16-28(23)29-19-25(31(34-2)21-26(29)22-33)20-30(24-12-5-3-6-13-24)32-27-14-7-4-8-15-27/h3-16,19,21,30,32H,17-18,20,22H2,1-2H3. The zero-order valence-corrected chi connectivity index (χ0v) is 20.0. The first-order chi connectivity index (χ1) is 16.7. The summed E-state index contributed by atoms with van der Waals surface area (Å²) in [5, 5.41) is 3.76. The average Bonchev–Trinajstić information content (AvgIpc) is 2.88. The van der Waals surface area contributed by atoms with Crippen molar-refractivity contribution in [3.63, 3.8) is 0 Å².